The van der Waals surface area contributed by atoms with Crippen LogP contribution >= 0.6 is 0 Å². The maximum Gasteiger partial charge on any atom is 0.338 e. The van der Waals surface area contributed by atoms with Crippen LogP contribution in [0, 0.1) is 0 Å². The Morgan fingerprint density at radius 3 is 2.12 bits per heavy atom. The molecule has 1 aliphatic carbocycles. The normalized spacial score (nSPS) is 19.3. The first-order valence-corrected chi connectivity index (χ1v) is 14.2. The average Bonchev–Trinajstić information content (AvgIpc) is 2.80. The van der Waals surface area contributed by atoms with Gasteiger partial charge in [0.25, 0.3) is 0 Å². The van der Waals surface area contributed by atoms with Crippen LogP contribution in [-0.4, -0.2) is 82.7 Å². The molecule has 0 aromatic heterocycles. The Bertz CT molecular complexity index is 608. The van der Waals surface area contributed by atoms with E-state index in [1.54, 1.807) is 6.92 Å². The zero-order chi connectivity index (χ0) is 24.5. The Balaban J connectivity index is 2.09. The van der Waals surface area contributed by atoms with E-state index >= 15 is 0 Å². The van der Waals surface area contributed by atoms with E-state index < -0.39 is 22.9 Å². The quantitative estimate of drug-likeness (QED) is 0.198. The summed E-state index contributed by atoms with van der Waals surface area (Å²) in [7, 11) is -0.212. The van der Waals surface area contributed by atoms with Crippen LogP contribution in [0.3, 0.4) is 0 Å². The van der Waals surface area contributed by atoms with Crippen LogP contribution < -0.4 is 0 Å². The maximum absolute atomic E-state index is 12.3. The first-order chi connectivity index (χ1) is 15.8. The van der Waals surface area contributed by atoms with Crippen molar-refractivity contribution in [3.05, 3.63) is 0 Å². The number of nitrogens with zero attached hydrogens (tertiary/aromatic N) is 2. The molecule has 0 aromatic rings. The molecular weight excluding hydrogens is 444 g/mol. The molecule has 9 heteroatoms. The van der Waals surface area contributed by atoms with Crippen LogP contribution in [0.5, 0.6) is 0 Å². The number of rotatable bonds is 19. The van der Waals surface area contributed by atoms with Gasteiger partial charge in [-0.05, 0) is 72.0 Å². The molecule has 0 saturated heterocycles. The standard InChI is InChI=1S/C24H48N2O6S/c1-5-7-11-18-25(3)19-12-9-8-10-13-20-31-23-16-14-22(15-17-23)26(4)33(28,29)32-21-24(27)30-6-2/h22-23H,5-21H2,1-4H3. The summed E-state index contributed by atoms with van der Waals surface area (Å²) in [5.41, 5.74) is 0. The number of hydrogen-bond acceptors (Lipinski definition) is 7. The van der Waals surface area contributed by atoms with E-state index in [9.17, 15) is 13.2 Å². The van der Waals surface area contributed by atoms with Crippen LogP contribution in [0.25, 0.3) is 0 Å². The van der Waals surface area contributed by atoms with Gasteiger partial charge in [0.05, 0.1) is 12.7 Å². The first kappa shape index (κ1) is 30.3. The lowest BCUT2D eigenvalue weighted by Crippen LogP contribution is -2.42. The number of hydrogen-bond donors (Lipinski definition) is 0. The van der Waals surface area contributed by atoms with Crippen molar-refractivity contribution in [2.45, 2.75) is 103 Å². The molecule has 0 heterocycles. The van der Waals surface area contributed by atoms with E-state index in [1.807, 2.05) is 0 Å². The molecule has 1 fully saturated rings. The smallest absolute Gasteiger partial charge is 0.338 e. The second kappa shape index (κ2) is 17.7. The fourth-order valence-corrected chi connectivity index (χ4v) is 5.16. The molecule has 0 unspecified atom stereocenters. The third-order valence-electron chi connectivity index (χ3n) is 6.32. The lowest BCUT2D eigenvalue weighted by molar-refractivity contribution is -0.145. The minimum atomic E-state index is -3.95. The van der Waals surface area contributed by atoms with Crippen molar-refractivity contribution < 1.29 is 26.9 Å². The van der Waals surface area contributed by atoms with Gasteiger partial charge in [-0.15, -0.1) is 0 Å². The first-order valence-electron chi connectivity index (χ1n) is 12.9. The number of unbranched alkanes of at least 4 members (excludes halogenated alkanes) is 6. The van der Waals surface area contributed by atoms with E-state index in [-0.39, 0.29) is 18.8 Å². The number of ether oxygens (including phenoxy) is 2. The van der Waals surface area contributed by atoms with Crippen LogP contribution in [0.2, 0.25) is 0 Å². The van der Waals surface area contributed by atoms with Gasteiger partial charge in [-0.25, -0.2) is 8.98 Å². The molecule has 0 aromatic carbocycles. The molecule has 1 aliphatic rings. The fourth-order valence-electron chi connectivity index (χ4n) is 4.17. The molecule has 0 spiro atoms. The third kappa shape index (κ3) is 13.7. The van der Waals surface area contributed by atoms with Crippen molar-refractivity contribution in [1.82, 2.24) is 9.21 Å². The second-order valence-corrected chi connectivity index (χ2v) is 10.8. The Morgan fingerprint density at radius 2 is 1.48 bits per heavy atom. The highest BCUT2D eigenvalue weighted by atomic mass is 32.2. The molecule has 8 nitrogen and oxygen atoms in total. The molecular formula is C24H48N2O6S. The molecule has 0 amide bonds. The topological polar surface area (TPSA) is 85.4 Å². The van der Waals surface area contributed by atoms with Crippen molar-refractivity contribution in [3.8, 4) is 0 Å². The highest BCUT2D eigenvalue weighted by molar-refractivity contribution is 7.84. The summed E-state index contributed by atoms with van der Waals surface area (Å²) in [6.45, 7) is 6.70. The molecule has 1 saturated carbocycles. The van der Waals surface area contributed by atoms with Gasteiger partial charge >= 0.3 is 16.3 Å². The molecule has 196 valence electrons. The molecule has 0 N–H and O–H groups in total. The highest BCUT2D eigenvalue weighted by Gasteiger charge is 2.31. The van der Waals surface area contributed by atoms with Crippen molar-refractivity contribution in [3.63, 3.8) is 0 Å². The van der Waals surface area contributed by atoms with Gasteiger partial charge in [0, 0.05) is 19.7 Å². The minimum Gasteiger partial charge on any atom is -0.464 e. The van der Waals surface area contributed by atoms with Gasteiger partial charge in [0.1, 0.15) is 0 Å². The van der Waals surface area contributed by atoms with Gasteiger partial charge in [0.2, 0.25) is 0 Å². The molecule has 33 heavy (non-hydrogen) atoms. The van der Waals surface area contributed by atoms with Crippen molar-refractivity contribution in [1.29, 1.82) is 0 Å². The van der Waals surface area contributed by atoms with Crippen molar-refractivity contribution in [2.24, 2.45) is 0 Å². The largest absolute Gasteiger partial charge is 0.464 e. The zero-order valence-electron chi connectivity index (χ0n) is 21.4. The summed E-state index contributed by atoms with van der Waals surface area (Å²) in [6.07, 6.45) is 13.4. The van der Waals surface area contributed by atoms with Gasteiger partial charge in [-0.3, -0.25) is 0 Å². The van der Waals surface area contributed by atoms with Gasteiger partial charge in [0.15, 0.2) is 6.61 Å². The third-order valence-corrected chi connectivity index (χ3v) is 7.74. The zero-order valence-corrected chi connectivity index (χ0v) is 22.2. The summed E-state index contributed by atoms with van der Waals surface area (Å²) in [6, 6.07) is -0.128. The minimum absolute atomic E-state index is 0.128. The number of carbonyl (C=O) groups is 1. The molecule has 0 aliphatic heterocycles. The van der Waals surface area contributed by atoms with Crippen LogP contribution in [0.4, 0.5) is 0 Å². The number of carbonyl (C=O) groups excluding carboxylic acids is 1. The van der Waals surface area contributed by atoms with E-state index in [0.717, 1.165) is 38.7 Å². The lowest BCUT2D eigenvalue weighted by Gasteiger charge is -2.33. The Hall–Kier alpha value is -0.740. The summed E-state index contributed by atoms with van der Waals surface area (Å²) in [5, 5.41) is 0. The monoisotopic (exact) mass is 492 g/mol. The lowest BCUT2D eigenvalue weighted by atomic mass is 9.93. The van der Waals surface area contributed by atoms with Crippen LogP contribution in [0.15, 0.2) is 0 Å². The second-order valence-electron chi connectivity index (χ2n) is 9.12. The Morgan fingerprint density at radius 1 is 0.879 bits per heavy atom. The van der Waals surface area contributed by atoms with Crippen molar-refractivity contribution >= 4 is 16.3 Å². The SMILES string of the molecule is CCCCCN(C)CCCCCCCOC1CCC(N(C)S(=O)(=O)OCC(=O)OCC)CC1. The predicted molar refractivity (Wildman–Crippen MR) is 131 cm³/mol. The van der Waals surface area contributed by atoms with Crippen LogP contribution in [-0.2, 0) is 28.8 Å². The highest BCUT2D eigenvalue weighted by Crippen LogP contribution is 2.26. The van der Waals surface area contributed by atoms with Crippen molar-refractivity contribution in [2.75, 3.05) is 47.0 Å². The maximum atomic E-state index is 12.3. The fraction of sp³-hybridized carbons (Fsp3) is 0.958. The summed E-state index contributed by atoms with van der Waals surface area (Å²) < 4.78 is 41.4. The molecule has 0 atom stereocenters. The van der Waals surface area contributed by atoms with E-state index in [0.29, 0.717) is 0 Å². The molecule has 0 bridgehead atoms. The number of esters is 1. The van der Waals surface area contributed by atoms with Gasteiger partial charge in [-0.1, -0.05) is 39.0 Å². The van der Waals surface area contributed by atoms with E-state index in [2.05, 4.69) is 18.9 Å². The van der Waals surface area contributed by atoms with Gasteiger partial charge < -0.3 is 14.4 Å². The predicted octanol–water partition coefficient (Wildman–Crippen LogP) is 4.14. The van der Waals surface area contributed by atoms with E-state index in [4.69, 9.17) is 13.7 Å². The van der Waals surface area contributed by atoms with Crippen LogP contribution in [0.1, 0.15) is 90.9 Å². The van der Waals surface area contributed by atoms with Gasteiger partial charge in [-0.2, -0.15) is 12.7 Å². The summed E-state index contributed by atoms with van der Waals surface area (Å²) in [5.74, 6) is -0.679. The summed E-state index contributed by atoms with van der Waals surface area (Å²) in [4.78, 5) is 13.8. The Labute approximate surface area is 202 Å². The summed E-state index contributed by atoms with van der Waals surface area (Å²) >= 11 is 0. The Kier molecular flexibility index (Phi) is 16.2. The molecule has 0 radical (unpaired) electrons. The molecule has 1 rings (SSSR count). The average molecular weight is 493 g/mol. The van der Waals surface area contributed by atoms with E-state index in [1.165, 1.54) is 69.4 Å².